The fraction of sp³-hybridized carbons (Fsp3) is 0.833. The van der Waals surface area contributed by atoms with Crippen LogP contribution in [0.15, 0.2) is 0 Å². The second-order valence-corrected chi connectivity index (χ2v) is 4.84. The van der Waals surface area contributed by atoms with E-state index < -0.39 is 12.1 Å². The number of ether oxygens (including phenoxy) is 1. The number of hydrogen-bond acceptors (Lipinski definition) is 4. The largest absolute Gasteiger partial charge is 0.415 e. The van der Waals surface area contributed by atoms with Crippen molar-refractivity contribution in [3.05, 3.63) is 0 Å². The molecule has 1 heterocycles. The zero-order valence-electron chi connectivity index (χ0n) is 10.0. The summed E-state index contributed by atoms with van der Waals surface area (Å²) in [5.41, 5.74) is 0. The number of esters is 1. The lowest BCUT2D eigenvalue weighted by molar-refractivity contribution is -0.139. The Morgan fingerprint density at radius 3 is 2.47 bits per heavy atom. The molecule has 1 saturated heterocycles. The molecule has 0 radical (unpaired) electrons. The predicted octanol–water partition coefficient (Wildman–Crippen LogP) is 1.32. The molecule has 5 nitrogen and oxygen atoms in total. The molecule has 2 rings (SSSR count). The molecule has 1 aliphatic heterocycles. The summed E-state index contributed by atoms with van der Waals surface area (Å²) in [6, 6.07) is -0.118. The summed E-state index contributed by atoms with van der Waals surface area (Å²) in [4.78, 5) is 23.0. The highest BCUT2D eigenvalue weighted by Crippen LogP contribution is 2.17. The molecule has 5 heteroatoms. The van der Waals surface area contributed by atoms with E-state index in [1.54, 1.807) is 0 Å². The van der Waals surface area contributed by atoms with Gasteiger partial charge in [0.15, 0.2) is 0 Å². The molecular formula is C12H20N2O3. The molecule has 2 N–H and O–H groups in total. The molecule has 0 aromatic carbocycles. The number of rotatable bonds is 2. The van der Waals surface area contributed by atoms with Crippen molar-refractivity contribution in [1.82, 2.24) is 10.6 Å². The number of amides is 1. The Kier molecular flexibility index (Phi) is 4.36. The van der Waals surface area contributed by atoms with Crippen LogP contribution in [0.4, 0.5) is 4.79 Å². The SMILES string of the molecule is O=C(NC1CCCCC1)OC(=O)C1CCCN1. The molecule has 1 atom stereocenters. The van der Waals surface area contributed by atoms with Crippen LogP contribution < -0.4 is 10.6 Å². The standard InChI is InChI=1S/C12H20N2O3/c15-11(10-7-4-8-13-10)17-12(16)14-9-5-2-1-3-6-9/h9-10,13H,1-8H2,(H,14,16). The maximum Gasteiger partial charge on any atom is 0.415 e. The third-order valence-corrected chi connectivity index (χ3v) is 3.47. The van der Waals surface area contributed by atoms with Crippen molar-refractivity contribution in [2.24, 2.45) is 0 Å². The fourth-order valence-corrected chi connectivity index (χ4v) is 2.49. The van der Waals surface area contributed by atoms with Gasteiger partial charge in [-0.15, -0.1) is 0 Å². The van der Waals surface area contributed by atoms with Gasteiger partial charge >= 0.3 is 12.1 Å². The fourth-order valence-electron chi connectivity index (χ4n) is 2.49. The summed E-state index contributed by atoms with van der Waals surface area (Å²) in [6.07, 6.45) is 6.63. The van der Waals surface area contributed by atoms with Crippen LogP contribution in [-0.4, -0.2) is 30.7 Å². The van der Waals surface area contributed by atoms with Gasteiger partial charge in [-0.25, -0.2) is 9.59 Å². The summed E-state index contributed by atoms with van der Waals surface area (Å²) >= 11 is 0. The van der Waals surface area contributed by atoms with E-state index in [-0.39, 0.29) is 12.1 Å². The minimum Gasteiger partial charge on any atom is -0.375 e. The van der Waals surface area contributed by atoms with Gasteiger partial charge in [0.25, 0.3) is 0 Å². The van der Waals surface area contributed by atoms with E-state index in [2.05, 4.69) is 10.6 Å². The van der Waals surface area contributed by atoms with Gasteiger partial charge in [0.1, 0.15) is 6.04 Å². The molecule has 0 bridgehead atoms. The number of carbonyl (C=O) groups excluding carboxylic acids is 2. The zero-order chi connectivity index (χ0) is 12.1. The Balaban J connectivity index is 1.70. The van der Waals surface area contributed by atoms with E-state index in [1.807, 2.05) is 0 Å². The summed E-state index contributed by atoms with van der Waals surface area (Å²) in [5.74, 6) is -0.448. The van der Waals surface area contributed by atoms with Crippen molar-refractivity contribution < 1.29 is 14.3 Å². The summed E-state index contributed by atoms with van der Waals surface area (Å²) in [5, 5.41) is 5.77. The van der Waals surface area contributed by atoms with Crippen molar-refractivity contribution in [2.75, 3.05) is 6.54 Å². The molecule has 0 spiro atoms. The van der Waals surface area contributed by atoms with Crippen LogP contribution >= 0.6 is 0 Å². The monoisotopic (exact) mass is 240 g/mol. The normalized spacial score (nSPS) is 25.5. The van der Waals surface area contributed by atoms with E-state index in [9.17, 15) is 9.59 Å². The summed E-state index contributed by atoms with van der Waals surface area (Å²) < 4.78 is 4.79. The minimum atomic E-state index is -0.587. The van der Waals surface area contributed by atoms with Gasteiger partial charge in [-0.05, 0) is 32.2 Å². The summed E-state index contributed by atoms with van der Waals surface area (Å²) in [7, 11) is 0. The lowest BCUT2D eigenvalue weighted by atomic mass is 9.96. The topological polar surface area (TPSA) is 67.4 Å². The van der Waals surface area contributed by atoms with Crippen LogP contribution in [0.2, 0.25) is 0 Å². The lowest BCUT2D eigenvalue weighted by Crippen LogP contribution is -2.41. The van der Waals surface area contributed by atoms with Gasteiger partial charge < -0.3 is 15.4 Å². The van der Waals surface area contributed by atoms with E-state index in [0.717, 1.165) is 45.1 Å². The van der Waals surface area contributed by atoms with E-state index in [0.29, 0.717) is 0 Å². The molecule has 2 fully saturated rings. The van der Waals surface area contributed by atoms with Crippen LogP contribution in [0.5, 0.6) is 0 Å². The number of alkyl carbamates (subject to hydrolysis) is 1. The maximum absolute atomic E-state index is 11.6. The quantitative estimate of drug-likeness (QED) is 0.564. The van der Waals surface area contributed by atoms with Gasteiger partial charge in [-0.1, -0.05) is 19.3 Å². The first kappa shape index (κ1) is 12.4. The third kappa shape index (κ3) is 3.70. The summed E-state index contributed by atoms with van der Waals surface area (Å²) in [6.45, 7) is 0.823. The molecule has 17 heavy (non-hydrogen) atoms. The van der Waals surface area contributed by atoms with Crippen molar-refractivity contribution in [3.8, 4) is 0 Å². The molecule has 1 amide bonds. The smallest absolute Gasteiger partial charge is 0.375 e. The van der Waals surface area contributed by atoms with Crippen LogP contribution in [0.3, 0.4) is 0 Å². The van der Waals surface area contributed by atoms with E-state index in [4.69, 9.17) is 4.74 Å². The van der Waals surface area contributed by atoms with Crippen LogP contribution in [0.1, 0.15) is 44.9 Å². The van der Waals surface area contributed by atoms with Gasteiger partial charge in [0, 0.05) is 6.04 Å². The van der Waals surface area contributed by atoms with E-state index >= 15 is 0 Å². The first-order valence-corrected chi connectivity index (χ1v) is 6.51. The first-order chi connectivity index (χ1) is 8.25. The third-order valence-electron chi connectivity index (χ3n) is 3.47. The van der Waals surface area contributed by atoms with Crippen molar-refractivity contribution in [2.45, 2.75) is 57.0 Å². The second-order valence-electron chi connectivity index (χ2n) is 4.84. The van der Waals surface area contributed by atoms with Gasteiger partial charge in [0.05, 0.1) is 0 Å². The molecule has 1 saturated carbocycles. The van der Waals surface area contributed by atoms with E-state index in [1.165, 1.54) is 6.42 Å². The average Bonchev–Trinajstić information content (AvgIpc) is 2.83. The Bertz CT molecular complexity index is 281. The lowest BCUT2D eigenvalue weighted by Gasteiger charge is -2.22. The predicted molar refractivity (Wildman–Crippen MR) is 62.5 cm³/mol. The van der Waals surface area contributed by atoms with Crippen LogP contribution in [0, 0.1) is 0 Å². The highest BCUT2D eigenvalue weighted by Gasteiger charge is 2.26. The Morgan fingerprint density at radius 2 is 1.82 bits per heavy atom. The van der Waals surface area contributed by atoms with Gasteiger partial charge in [-0.2, -0.15) is 0 Å². The van der Waals surface area contributed by atoms with Crippen LogP contribution in [0.25, 0.3) is 0 Å². The molecular weight excluding hydrogens is 220 g/mol. The highest BCUT2D eigenvalue weighted by atomic mass is 16.6. The molecule has 0 aromatic rings. The van der Waals surface area contributed by atoms with Crippen LogP contribution in [-0.2, 0) is 9.53 Å². The number of hydrogen-bond donors (Lipinski definition) is 2. The molecule has 1 unspecified atom stereocenters. The Hall–Kier alpha value is -1.10. The molecule has 1 aliphatic carbocycles. The minimum absolute atomic E-state index is 0.181. The second kappa shape index (κ2) is 6.00. The highest BCUT2D eigenvalue weighted by molar-refractivity contribution is 5.87. The number of carbonyl (C=O) groups is 2. The molecule has 96 valence electrons. The maximum atomic E-state index is 11.6. The zero-order valence-corrected chi connectivity index (χ0v) is 10.0. The van der Waals surface area contributed by atoms with Gasteiger partial charge in [0.2, 0.25) is 0 Å². The average molecular weight is 240 g/mol. The Labute approximate surface area is 101 Å². The molecule has 2 aliphatic rings. The number of nitrogens with one attached hydrogen (secondary N) is 2. The van der Waals surface area contributed by atoms with Crippen molar-refractivity contribution >= 4 is 12.1 Å². The molecule has 0 aromatic heterocycles. The van der Waals surface area contributed by atoms with Crippen molar-refractivity contribution in [1.29, 1.82) is 0 Å². The van der Waals surface area contributed by atoms with Crippen molar-refractivity contribution in [3.63, 3.8) is 0 Å². The van der Waals surface area contributed by atoms with Gasteiger partial charge in [-0.3, -0.25) is 0 Å². The Morgan fingerprint density at radius 1 is 1.06 bits per heavy atom. The first-order valence-electron chi connectivity index (χ1n) is 6.51.